The zero-order chi connectivity index (χ0) is 34.7. The zero-order valence-corrected chi connectivity index (χ0v) is 30.4. The topological polar surface area (TPSA) is 131 Å². The molecule has 0 aromatic rings. The van der Waals surface area contributed by atoms with E-state index in [1.807, 2.05) is 0 Å². The molecular formula is C38H67N2O6P. The van der Waals surface area contributed by atoms with Crippen LogP contribution in [0.15, 0.2) is 72.9 Å². The molecule has 8 nitrogen and oxygen atoms in total. The molecule has 0 rings (SSSR count). The minimum atomic E-state index is -4.32. The van der Waals surface area contributed by atoms with Gasteiger partial charge in [-0.3, -0.25) is 13.8 Å². The van der Waals surface area contributed by atoms with Gasteiger partial charge in [0.1, 0.15) is 0 Å². The summed E-state index contributed by atoms with van der Waals surface area (Å²) in [4.78, 5) is 22.5. The summed E-state index contributed by atoms with van der Waals surface area (Å²) >= 11 is 0. The van der Waals surface area contributed by atoms with Gasteiger partial charge in [-0.2, -0.15) is 0 Å². The van der Waals surface area contributed by atoms with Crippen LogP contribution in [0.5, 0.6) is 0 Å². The maximum absolute atomic E-state index is 12.6. The van der Waals surface area contributed by atoms with Crippen LogP contribution in [-0.4, -0.2) is 47.8 Å². The van der Waals surface area contributed by atoms with Crippen LogP contribution in [0.1, 0.15) is 129 Å². The summed E-state index contributed by atoms with van der Waals surface area (Å²) in [5.74, 6) is -0.212. The first-order valence-electron chi connectivity index (χ1n) is 18.1. The van der Waals surface area contributed by atoms with Crippen LogP contribution in [0.2, 0.25) is 0 Å². The van der Waals surface area contributed by atoms with Crippen LogP contribution in [-0.2, 0) is 18.4 Å². The minimum absolute atomic E-state index is 0.0769. The third kappa shape index (κ3) is 32.3. The van der Waals surface area contributed by atoms with Crippen LogP contribution in [0.4, 0.5) is 0 Å². The molecule has 0 saturated heterocycles. The highest BCUT2D eigenvalue weighted by Gasteiger charge is 2.27. The zero-order valence-electron chi connectivity index (χ0n) is 29.5. The van der Waals surface area contributed by atoms with Crippen molar-refractivity contribution >= 4 is 13.7 Å². The van der Waals surface area contributed by atoms with Crippen LogP contribution in [0, 0.1) is 0 Å². The summed E-state index contributed by atoms with van der Waals surface area (Å²) in [6, 6.07) is -0.798. The van der Waals surface area contributed by atoms with E-state index in [1.54, 1.807) is 0 Å². The average Bonchev–Trinajstić information content (AvgIpc) is 3.05. The first-order chi connectivity index (χ1) is 22.9. The molecule has 0 bridgehead atoms. The fourth-order valence-electron chi connectivity index (χ4n) is 4.61. The van der Waals surface area contributed by atoms with Crippen molar-refractivity contribution in [3.63, 3.8) is 0 Å². The van der Waals surface area contributed by atoms with Gasteiger partial charge in [-0.05, 0) is 64.2 Å². The summed E-state index contributed by atoms with van der Waals surface area (Å²) in [6.45, 7) is 3.97. The Bertz CT molecular complexity index is 960. The Balaban J connectivity index is 4.28. The molecule has 0 aliphatic heterocycles. The Morgan fingerprint density at radius 3 is 1.77 bits per heavy atom. The number of hydrogen-bond donors (Lipinski definition) is 4. The maximum Gasteiger partial charge on any atom is 0.472 e. The Morgan fingerprint density at radius 1 is 0.723 bits per heavy atom. The van der Waals surface area contributed by atoms with E-state index in [0.29, 0.717) is 19.3 Å². The summed E-state index contributed by atoms with van der Waals surface area (Å²) in [7, 11) is -4.32. The first kappa shape index (κ1) is 44.9. The van der Waals surface area contributed by atoms with Gasteiger partial charge >= 0.3 is 7.82 Å². The number of hydrogen-bond acceptors (Lipinski definition) is 6. The van der Waals surface area contributed by atoms with Crippen molar-refractivity contribution in [2.24, 2.45) is 5.73 Å². The highest BCUT2D eigenvalue weighted by Crippen LogP contribution is 2.43. The number of carbonyl (C=O) groups excluding carboxylic acids is 1. The van der Waals surface area contributed by atoms with E-state index in [9.17, 15) is 19.4 Å². The molecule has 3 atom stereocenters. The fraction of sp³-hybridized carbons (Fsp3) is 0.658. The lowest BCUT2D eigenvalue weighted by Gasteiger charge is -2.25. The fourth-order valence-corrected chi connectivity index (χ4v) is 5.37. The molecule has 0 aliphatic rings. The molecule has 9 heteroatoms. The molecular weight excluding hydrogens is 611 g/mol. The van der Waals surface area contributed by atoms with Crippen molar-refractivity contribution in [1.29, 1.82) is 0 Å². The smallest absolute Gasteiger partial charge is 0.391 e. The number of amides is 1. The third-order valence-corrected chi connectivity index (χ3v) is 8.31. The summed E-state index contributed by atoms with van der Waals surface area (Å²) in [6.07, 6.45) is 42.2. The molecule has 0 radical (unpaired) electrons. The predicted molar refractivity (Wildman–Crippen MR) is 198 cm³/mol. The van der Waals surface area contributed by atoms with Gasteiger partial charge in [0.2, 0.25) is 5.91 Å². The number of unbranched alkanes of at least 4 members (excludes halogenated alkanes) is 8. The van der Waals surface area contributed by atoms with Crippen LogP contribution in [0.3, 0.4) is 0 Å². The number of allylic oxidation sites excluding steroid dienone is 12. The average molecular weight is 679 g/mol. The monoisotopic (exact) mass is 678 g/mol. The van der Waals surface area contributed by atoms with Gasteiger partial charge in [0.15, 0.2) is 0 Å². The molecule has 5 N–H and O–H groups in total. The highest BCUT2D eigenvalue weighted by atomic mass is 31.2. The Hall–Kier alpha value is -2.06. The quantitative estimate of drug-likeness (QED) is 0.0317. The minimum Gasteiger partial charge on any atom is -0.391 e. The van der Waals surface area contributed by atoms with Crippen LogP contribution >= 0.6 is 7.82 Å². The van der Waals surface area contributed by atoms with Crippen molar-refractivity contribution < 1.29 is 28.4 Å². The number of phosphoric ester groups is 1. The van der Waals surface area contributed by atoms with Gasteiger partial charge in [0.05, 0.1) is 25.4 Å². The molecule has 0 fully saturated rings. The summed E-state index contributed by atoms with van der Waals surface area (Å²) in [5, 5.41) is 13.6. The third-order valence-electron chi connectivity index (χ3n) is 7.32. The molecule has 0 spiro atoms. The van der Waals surface area contributed by atoms with E-state index < -0.39 is 20.0 Å². The molecule has 47 heavy (non-hydrogen) atoms. The maximum atomic E-state index is 12.6. The van der Waals surface area contributed by atoms with Gasteiger partial charge < -0.3 is 21.1 Å². The van der Waals surface area contributed by atoms with Crippen molar-refractivity contribution in [1.82, 2.24) is 5.32 Å². The van der Waals surface area contributed by atoms with Crippen molar-refractivity contribution in [2.45, 2.75) is 142 Å². The number of nitrogens with one attached hydrogen (secondary N) is 1. The van der Waals surface area contributed by atoms with E-state index in [4.69, 9.17) is 14.8 Å². The molecule has 0 aromatic carbocycles. The molecule has 0 aliphatic carbocycles. The van der Waals surface area contributed by atoms with Gasteiger partial charge in [-0.25, -0.2) is 4.57 Å². The van der Waals surface area contributed by atoms with E-state index >= 15 is 0 Å². The predicted octanol–water partition coefficient (Wildman–Crippen LogP) is 9.32. The van der Waals surface area contributed by atoms with Gasteiger partial charge in [0.25, 0.3) is 0 Å². The number of phosphoric acid groups is 1. The molecule has 270 valence electrons. The largest absolute Gasteiger partial charge is 0.472 e. The van der Waals surface area contributed by atoms with Crippen molar-refractivity contribution in [3.05, 3.63) is 72.9 Å². The summed E-state index contributed by atoms with van der Waals surface area (Å²) < 4.78 is 21.9. The number of carbonyl (C=O) groups is 1. The molecule has 0 aromatic heterocycles. The Labute approximate surface area is 287 Å². The van der Waals surface area contributed by atoms with E-state index in [1.165, 1.54) is 25.7 Å². The van der Waals surface area contributed by atoms with Crippen molar-refractivity contribution in [3.8, 4) is 0 Å². The van der Waals surface area contributed by atoms with Gasteiger partial charge in [-0.15, -0.1) is 0 Å². The van der Waals surface area contributed by atoms with Gasteiger partial charge in [0, 0.05) is 13.0 Å². The van der Waals surface area contributed by atoms with Gasteiger partial charge in [-0.1, -0.05) is 132 Å². The SMILES string of the molecule is CC/C=C\C/C=C\C/C=C\C/C=C\C/C=C\C/C=C\CCCCC(=O)NC(COP(=O)(O)OCCN)C(O)CCCCCCCCC. The number of aliphatic hydroxyl groups is 1. The lowest BCUT2D eigenvalue weighted by molar-refractivity contribution is -0.123. The molecule has 3 unspecified atom stereocenters. The number of rotatable bonds is 32. The molecule has 0 heterocycles. The van der Waals surface area contributed by atoms with Crippen LogP contribution < -0.4 is 11.1 Å². The number of aliphatic hydroxyl groups excluding tert-OH is 1. The molecule has 1 amide bonds. The van der Waals surface area contributed by atoms with Crippen molar-refractivity contribution in [2.75, 3.05) is 19.8 Å². The molecule has 0 saturated carbocycles. The lowest BCUT2D eigenvalue weighted by Crippen LogP contribution is -2.46. The number of nitrogens with two attached hydrogens (primary N) is 1. The first-order valence-corrected chi connectivity index (χ1v) is 19.5. The highest BCUT2D eigenvalue weighted by molar-refractivity contribution is 7.47. The Kier molecular flexibility index (Phi) is 32.3. The standard InChI is InChI=1S/C38H67N2O6P/c1-3-5-7-9-11-12-13-14-15-16-17-18-19-20-21-22-23-24-26-28-30-32-38(42)40-36(35-46-47(43,44)45-34-33-39)37(41)31-29-27-25-10-8-6-4-2/h5,7,11-12,14-15,17-18,20-21,23-24,36-37,41H,3-4,6,8-10,13,16,19,22,25-35,39H2,1-2H3,(H,40,42)(H,43,44)/b7-5-,12-11-,15-14-,18-17-,21-20-,24-23-. The van der Waals surface area contributed by atoms with E-state index in [2.05, 4.69) is 92.1 Å². The van der Waals surface area contributed by atoms with E-state index in [0.717, 1.165) is 70.6 Å². The van der Waals surface area contributed by atoms with E-state index in [-0.39, 0.29) is 25.7 Å². The lowest BCUT2D eigenvalue weighted by atomic mass is 10.0. The second-order valence-electron chi connectivity index (χ2n) is 11.7. The Morgan fingerprint density at radius 2 is 1.23 bits per heavy atom. The second-order valence-corrected chi connectivity index (χ2v) is 13.2. The summed E-state index contributed by atoms with van der Waals surface area (Å²) in [5.41, 5.74) is 5.34. The van der Waals surface area contributed by atoms with Crippen LogP contribution in [0.25, 0.3) is 0 Å². The normalized spacial score (nSPS) is 15.3. The second kappa shape index (κ2) is 33.8.